The molecule has 0 spiro atoms. The van der Waals surface area contributed by atoms with Gasteiger partial charge in [0.2, 0.25) is 0 Å². The van der Waals surface area contributed by atoms with Crippen molar-refractivity contribution in [3.63, 3.8) is 0 Å². The van der Waals surface area contributed by atoms with Crippen molar-refractivity contribution in [3.8, 4) is 16.9 Å². The molecule has 0 bridgehead atoms. The minimum atomic E-state index is -0.184. The molecule has 0 aliphatic carbocycles. The van der Waals surface area contributed by atoms with Crippen molar-refractivity contribution in [2.24, 2.45) is 4.99 Å². The number of amidine groups is 1. The first kappa shape index (κ1) is 16.6. The number of carbonyl (C=O) groups excluding carboxylic acids is 1. The van der Waals surface area contributed by atoms with Gasteiger partial charge in [-0.25, -0.2) is 4.68 Å². The Balaban J connectivity index is 1.76. The van der Waals surface area contributed by atoms with Crippen molar-refractivity contribution < 1.29 is 4.79 Å². The third-order valence-corrected chi connectivity index (χ3v) is 5.00. The molecule has 0 saturated carbocycles. The highest BCUT2D eigenvalue weighted by Crippen LogP contribution is 2.24. The lowest BCUT2D eigenvalue weighted by Crippen LogP contribution is -2.27. The molecule has 1 aromatic heterocycles. The largest absolute Gasteiger partial charge is 0.301 e. The summed E-state index contributed by atoms with van der Waals surface area (Å²) in [7, 11) is 0. The van der Waals surface area contributed by atoms with Crippen molar-refractivity contribution in [3.05, 3.63) is 71.9 Å². The van der Waals surface area contributed by atoms with Crippen LogP contribution in [0.1, 0.15) is 15.9 Å². The van der Waals surface area contributed by atoms with Gasteiger partial charge in [-0.1, -0.05) is 59.8 Å². The van der Waals surface area contributed by atoms with Crippen molar-refractivity contribution in [1.82, 2.24) is 15.1 Å². The molecule has 2 heterocycles. The van der Waals surface area contributed by atoms with E-state index in [1.165, 1.54) is 5.56 Å². The Kier molecular flexibility index (Phi) is 4.58. The summed E-state index contributed by atoms with van der Waals surface area (Å²) >= 11 is 1.56. The molecule has 1 N–H and O–H groups in total. The number of carbonyl (C=O) groups is 1. The third kappa shape index (κ3) is 3.41. The van der Waals surface area contributed by atoms with Crippen LogP contribution in [0.2, 0.25) is 0 Å². The molecule has 0 unspecified atom stereocenters. The highest BCUT2D eigenvalue weighted by atomic mass is 32.2. The summed E-state index contributed by atoms with van der Waals surface area (Å²) in [4.78, 5) is 17.1. The minimum absolute atomic E-state index is 0.184. The number of rotatable bonds is 3. The number of hydrogen-bond acceptors (Lipinski definition) is 4. The van der Waals surface area contributed by atoms with Crippen molar-refractivity contribution >= 4 is 22.8 Å². The molecule has 3 aromatic rings. The number of aromatic nitrogens is 2. The van der Waals surface area contributed by atoms with Crippen LogP contribution < -0.4 is 5.32 Å². The lowest BCUT2D eigenvalue weighted by molar-refractivity contribution is 0.0978. The van der Waals surface area contributed by atoms with Crippen LogP contribution in [-0.4, -0.2) is 33.2 Å². The molecule has 26 heavy (non-hydrogen) atoms. The molecule has 5 nitrogen and oxygen atoms in total. The molecule has 1 amide bonds. The second-order valence-electron chi connectivity index (χ2n) is 6.03. The predicted molar refractivity (Wildman–Crippen MR) is 106 cm³/mol. The zero-order valence-corrected chi connectivity index (χ0v) is 15.2. The quantitative estimate of drug-likeness (QED) is 0.773. The summed E-state index contributed by atoms with van der Waals surface area (Å²) in [5, 5.41) is 8.27. The second-order valence-corrected chi connectivity index (χ2v) is 7.11. The fourth-order valence-electron chi connectivity index (χ4n) is 2.75. The smallest absolute Gasteiger partial charge is 0.261 e. The van der Waals surface area contributed by atoms with Gasteiger partial charge in [0.25, 0.3) is 5.91 Å². The molecule has 2 aromatic carbocycles. The van der Waals surface area contributed by atoms with Crippen LogP contribution in [0.3, 0.4) is 0 Å². The Hall–Kier alpha value is -2.86. The van der Waals surface area contributed by atoms with Gasteiger partial charge in [0, 0.05) is 17.5 Å². The molecule has 0 radical (unpaired) electrons. The van der Waals surface area contributed by atoms with Crippen LogP contribution in [-0.2, 0) is 0 Å². The van der Waals surface area contributed by atoms with E-state index in [1.54, 1.807) is 22.6 Å². The summed E-state index contributed by atoms with van der Waals surface area (Å²) in [6.45, 7) is 2.78. The third-order valence-electron chi connectivity index (χ3n) is 4.11. The van der Waals surface area contributed by atoms with E-state index in [-0.39, 0.29) is 5.91 Å². The van der Waals surface area contributed by atoms with Gasteiger partial charge in [0.15, 0.2) is 5.17 Å². The summed E-state index contributed by atoms with van der Waals surface area (Å²) in [5.41, 5.74) is 4.19. The Bertz CT molecular complexity index is 961. The maximum Gasteiger partial charge on any atom is 0.261 e. The van der Waals surface area contributed by atoms with Crippen molar-refractivity contribution in [1.29, 1.82) is 0 Å². The molecule has 6 heteroatoms. The first-order chi connectivity index (χ1) is 12.7. The lowest BCUT2D eigenvalue weighted by Gasteiger charge is -2.04. The molecule has 0 fully saturated rings. The van der Waals surface area contributed by atoms with Gasteiger partial charge in [0.1, 0.15) is 5.69 Å². The number of benzene rings is 2. The molecule has 4 rings (SSSR count). The average molecular weight is 362 g/mol. The second kappa shape index (κ2) is 7.17. The number of nitrogens with zero attached hydrogens (tertiary/aromatic N) is 3. The van der Waals surface area contributed by atoms with Crippen LogP contribution >= 0.6 is 11.8 Å². The zero-order chi connectivity index (χ0) is 17.9. The zero-order valence-electron chi connectivity index (χ0n) is 14.3. The SMILES string of the molecule is Cc1ccc(-c2nn(-c3ccccc3)cc2C(=O)NC2=NCCS2)cc1. The van der Waals surface area contributed by atoms with Gasteiger partial charge in [-0.15, -0.1) is 0 Å². The number of hydrogen-bond donors (Lipinski definition) is 1. The fraction of sp³-hybridized carbons (Fsp3) is 0.150. The van der Waals surface area contributed by atoms with Crippen LogP contribution in [0.4, 0.5) is 0 Å². The molecule has 1 aliphatic rings. The van der Waals surface area contributed by atoms with E-state index in [4.69, 9.17) is 0 Å². The van der Waals surface area contributed by atoms with Gasteiger partial charge in [-0.3, -0.25) is 9.79 Å². The van der Waals surface area contributed by atoms with E-state index >= 15 is 0 Å². The molecule has 1 aliphatic heterocycles. The van der Waals surface area contributed by atoms with Crippen molar-refractivity contribution in [2.75, 3.05) is 12.3 Å². The van der Waals surface area contributed by atoms with Crippen molar-refractivity contribution in [2.45, 2.75) is 6.92 Å². The van der Waals surface area contributed by atoms with Gasteiger partial charge in [-0.2, -0.15) is 5.10 Å². The first-order valence-electron chi connectivity index (χ1n) is 8.41. The molecule has 130 valence electrons. The fourth-order valence-corrected chi connectivity index (χ4v) is 3.48. The number of para-hydroxylation sites is 1. The maximum absolute atomic E-state index is 12.8. The van der Waals surface area contributed by atoms with Crippen LogP contribution in [0, 0.1) is 6.92 Å². The van der Waals surface area contributed by atoms with Gasteiger partial charge >= 0.3 is 0 Å². The van der Waals surface area contributed by atoms with E-state index < -0.39 is 0 Å². The number of thioether (sulfide) groups is 1. The topological polar surface area (TPSA) is 59.3 Å². The number of nitrogens with one attached hydrogen (secondary N) is 1. The Morgan fingerprint density at radius 1 is 1.12 bits per heavy atom. The number of aliphatic imine (C=N–C) groups is 1. The highest BCUT2D eigenvalue weighted by Gasteiger charge is 2.20. The molecule has 0 saturated heterocycles. The Morgan fingerprint density at radius 3 is 2.58 bits per heavy atom. The Labute approximate surface area is 156 Å². The Morgan fingerprint density at radius 2 is 1.88 bits per heavy atom. The lowest BCUT2D eigenvalue weighted by atomic mass is 10.1. The van der Waals surface area contributed by atoms with E-state index in [0.717, 1.165) is 23.5 Å². The maximum atomic E-state index is 12.8. The molecular weight excluding hydrogens is 344 g/mol. The molecule has 0 atom stereocenters. The van der Waals surface area contributed by atoms with Crippen LogP contribution in [0.15, 0.2) is 65.8 Å². The van der Waals surface area contributed by atoms with Gasteiger partial charge < -0.3 is 5.32 Å². The summed E-state index contributed by atoms with van der Waals surface area (Å²) in [5.74, 6) is 0.722. The number of amides is 1. The van der Waals surface area contributed by atoms with E-state index in [9.17, 15) is 4.79 Å². The van der Waals surface area contributed by atoms with E-state index in [0.29, 0.717) is 16.4 Å². The highest BCUT2D eigenvalue weighted by molar-refractivity contribution is 8.14. The van der Waals surface area contributed by atoms with E-state index in [2.05, 4.69) is 15.4 Å². The van der Waals surface area contributed by atoms with Crippen LogP contribution in [0.25, 0.3) is 16.9 Å². The minimum Gasteiger partial charge on any atom is -0.301 e. The monoisotopic (exact) mass is 362 g/mol. The summed E-state index contributed by atoms with van der Waals surface area (Å²) < 4.78 is 1.74. The predicted octanol–water partition coefficient (Wildman–Crippen LogP) is 3.68. The average Bonchev–Trinajstić information content (AvgIpc) is 3.33. The standard InChI is InChI=1S/C20H18N4OS/c1-14-7-9-15(10-8-14)18-17(19(25)22-20-21-11-12-26-20)13-24(23-18)16-5-3-2-4-6-16/h2-10,13H,11-12H2,1H3,(H,21,22,25). The molecular formula is C20H18N4OS. The summed E-state index contributed by atoms with van der Waals surface area (Å²) in [6.07, 6.45) is 1.78. The van der Waals surface area contributed by atoms with Crippen LogP contribution in [0.5, 0.6) is 0 Å². The van der Waals surface area contributed by atoms with Gasteiger partial charge in [-0.05, 0) is 19.1 Å². The van der Waals surface area contributed by atoms with Gasteiger partial charge in [0.05, 0.1) is 17.8 Å². The number of aryl methyl sites for hydroxylation is 1. The first-order valence-corrected chi connectivity index (χ1v) is 9.40. The summed E-state index contributed by atoms with van der Waals surface area (Å²) in [6, 6.07) is 17.8. The normalized spacial score (nSPS) is 13.5. The van der Waals surface area contributed by atoms with E-state index in [1.807, 2.05) is 61.5 Å².